The van der Waals surface area contributed by atoms with Gasteiger partial charge in [0.2, 0.25) is 17.7 Å². The van der Waals surface area contributed by atoms with Crippen LogP contribution < -0.4 is 16.0 Å². The lowest BCUT2D eigenvalue weighted by atomic mass is 10.2. The van der Waals surface area contributed by atoms with E-state index in [1.165, 1.54) is 0 Å². The molecule has 0 saturated carbocycles. The van der Waals surface area contributed by atoms with Crippen LogP contribution in [-0.4, -0.2) is 60.9 Å². The number of likely N-dealkylation sites (N-methyl/N-ethyl adjacent to an activating group) is 1. The summed E-state index contributed by atoms with van der Waals surface area (Å²) < 4.78 is 0. The Morgan fingerprint density at radius 2 is 2.05 bits per heavy atom. The van der Waals surface area contributed by atoms with Crippen molar-refractivity contribution in [3.63, 3.8) is 0 Å². The van der Waals surface area contributed by atoms with E-state index in [0.717, 1.165) is 0 Å². The standard InChI is InChI=1S/C12H22N4O3/c1-4-16(5-2)12(19)8(3)15-11(18)9-6-14-10(17)7-13-9/h8-9,13H,4-7H2,1-3H3,(H,14,17)(H,15,18). The van der Waals surface area contributed by atoms with Crippen LogP contribution in [0.1, 0.15) is 20.8 Å². The van der Waals surface area contributed by atoms with E-state index in [0.29, 0.717) is 13.1 Å². The summed E-state index contributed by atoms with van der Waals surface area (Å²) in [5, 5.41) is 8.09. The van der Waals surface area contributed by atoms with Crippen molar-refractivity contribution in [3.05, 3.63) is 0 Å². The number of hydrogen-bond acceptors (Lipinski definition) is 4. The van der Waals surface area contributed by atoms with Gasteiger partial charge in [0.05, 0.1) is 6.54 Å². The summed E-state index contributed by atoms with van der Waals surface area (Å²) >= 11 is 0. The number of nitrogens with one attached hydrogen (secondary N) is 3. The van der Waals surface area contributed by atoms with Gasteiger partial charge in [0.1, 0.15) is 12.1 Å². The normalized spacial score (nSPS) is 20.4. The zero-order chi connectivity index (χ0) is 14.4. The van der Waals surface area contributed by atoms with Gasteiger partial charge in [0, 0.05) is 19.6 Å². The first kappa shape index (κ1) is 15.4. The third-order valence-electron chi connectivity index (χ3n) is 3.13. The maximum absolute atomic E-state index is 12.0. The molecule has 1 heterocycles. The first-order chi connectivity index (χ1) is 8.99. The molecule has 1 saturated heterocycles. The molecule has 0 radical (unpaired) electrons. The van der Waals surface area contributed by atoms with E-state index in [2.05, 4.69) is 16.0 Å². The van der Waals surface area contributed by atoms with E-state index < -0.39 is 12.1 Å². The van der Waals surface area contributed by atoms with Crippen LogP contribution in [0.25, 0.3) is 0 Å². The van der Waals surface area contributed by atoms with Gasteiger partial charge in [-0.25, -0.2) is 0 Å². The average Bonchev–Trinajstić information content (AvgIpc) is 2.40. The van der Waals surface area contributed by atoms with Crippen molar-refractivity contribution in [2.24, 2.45) is 0 Å². The fourth-order valence-corrected chi connectivity index (χ4v) is 1.94. The summed E-state index contributed by atoms with van der Waals surface area (Å²) in [7, 11) is 0. The summed E-state index contributed by atoms with van der Waals surface area (Å²) in [5.41, 5.74) is 0. The minimum Gasteiger partial charge on any atom is -0.353 e. The molecule has 0 aromatic carbocycles. The molecule has 0 spiro atoms. The fourth-order valence-electron chi connectivity index (χ4n) is 1.94. The smallest absolute Gasteiger partial charge is 0.244 e. The van der Waals surface area contributed by atoms with Gasteiger partial charge >= 0.3 is 0 Å². The zero-order valence-corrected chi connectivity index (χ0v) is 11.7. The monoisotopic (exact) mass is 270 g/mol. The lowest BCUT2D eigenvalue weighted by Crippen LogP contribution is -2.60. The molecule has 0 aromatic rings. The van der Waals surface area contributed by atoms with Gasteiger partial charge < -0.3 is 15.5 Å². The van der Waals surface area contributed by atoms with Crippen LogP contribution in [0, 0.1) is 0 Å². The van der Waals surface area contributed by atoms with E-state index in [4.69, 9.17) is 0 Å². The molecule has 19 heavy (non-hydrogen) atoms. The Balaban J connectivity index is 2.47. The highest BCUT2D eigenvalue weighted by Gasteiger charge is 2.27. The van der Waals surface area contributed by atoms with E-state index in [9.17, 15) is 14.4 Å². The minimum atomic E-state index is -0.563. The Morgan fingerprint density at radius 3 is 2.53 bits per heavy atom. The molecule has 1 aliphatic rings. The predicted molar refractivity (Wildman–Crippen MR) is 70.3 cm³/mol. The number of rotatable bonds is 5. The topological polar surface area (TPSA) is 90.5 Å². The maximum atomic E-state index is 12.0. The molecule has 1 rings (SSSR count). The van der Waals surface area contributed by atoms with Crippen molar-refractivity contribution in [1.82, 2.24) is 20.9 Å². The lowest BCUT2D eigenvalue weighted by molar-refractivity contribution is -0.136. The van der Waals surface area contributed by atoms with Gasteiger partial charge in [-0.2, -0.15) is 0 Å². The Hall–Kier alpha value is -1.63. The van der Waals surface area contributed by atoms with Crippen LogP contribution in [0.2, 0.25) is 0 Å². The van der Waals surface area contributed by atoms with Crippen molar-refractivity contribution >= 4 is 17.7 Å². The van der Waals surface area contributed by atoms with Gasteiger partial charge in [-0.05, 0) is 20.8 Å². The minimum absolute atomic E-state index is 0.0989. The van der Waals surface area contributed by atoms with Crippen molar-refractivity contribution in [1.29, 1.82) is 0 Å². The molecule has 1 fully saturated rings. The molecule has 3 N–H and O–H groups in total. The summed E-state index contributed by atoms with van der Waals surface area (Å²) in [4.78, 5) is 36.6. The molecular formula is C12H22N4O3. The third kappa shape index (κ3) is 4.20. The van der Waals surface area contributed by atoms with Gasteiger partial charge in [-0.1, -0.05) is 0 Å². The van der Waals surface area contributed by atoms with Crippen LogP contribution in [0.3, 0.4) is 0 Å². The molecule has 0 bridgehead atoms. The van der Waals surface area contributed by atoms with Gasteiger partial charge in [0.25, 0.3) is 0 Å². The Labute approximate surface area is 113 Å². The molecule has 1 aliphatic heterocycles. The summed E-state index contributed by atoms with van der Waals surface area (Å²) in [5.74, 6) is -0.498. The molecule has 0 aliphatic carbocycles. The number of hydrogen-bond donors (Lipinski definition) is 3. The average molecular weight is 270 g/mol. The van der Waals surface area contributed by atoms with E-state index in [1.54, 1.807) is 11.8 Å². The Kier molecular flexibility index (Phi) is 5.75. The summed E-state index contributed by atoms with van der Waals surface area (Å²) in [6.45, 7) is 7.07. The SMILES string of the molecule is CCN(CC)C(=O)C(C)NC(=O)C1CNC(=O)CN1. The second kappa shape index (κ2) is 7.08. The highest BCUT2D eigenvalue weighted by atomic mass is 16.2. The third-order valence-corrected chi connectivity index (χ3v) is 3.13. The lowest BCUT2D eigenvalue weighted by Gasteiger charge is -2.27. The fraction of sp³-hybridized carbons (Fsp3) is 0.750. The first-order valence-corrected chi connectivity index (χ1v) is 6.58. The zero-order valence-electron chi connectivity index (χ0n) is 11.7. The van der Waals surface area contributed by atoms with Gasteiger partial charge in [-0.15, -0.1) is 0 Å². The van der Waals surface area contributed by atoms with Crippen LogP contribution in [0.15, 0.2) is 0 Å². The van der Waals surface area contributed by atoms with Gasteiger partial charge in [-0.3, -0.25) is 19.7 Å². The van der Waals surface area contributed by atoms with Crippen LogP contribution >= 0.6 is 0 Å². The van der Waals surface area contributed by atoms with Crippen molar-refractivity contribution < 1.29 is 14.4 Å². The molecule has 7 nitrogen and oxygen atoms in total. The number of amides is 3. The second-order valence-corrected chi connectivity index (χ2v) is 4.48. The van der Waals surface area contributed by atoms with Gasteiger partial charge in [0.15, 0.2) is 0 Å². The summed E-state index contributed by atoms with van der Waals surface area (Å²) in [6.07, 6.45) is 0. The van der Waals surface area contributed by atoms with E-state index >= 15 is 0 Å². The molecule has 0 aromatic heterocycles. The number of carbonyl (C=O) groups excluding carboxylic acids is 3. The quantitative estimate of drug-likeness (QED) is 0.564. The van der Waals surface area contributed by atoms with Crippen molar-refractivity contribution in [3.8, 4) is 0 Å². The summed E-state index contributed by atoms with van der Waals surface area (Å²) in [6, 6.07) is -1.04. The van der Waals surface area contributed by atoms with Crippen molar-refractivity contribution in [2.45, 2.75) is 32.9 Å². The van der Waals surface area contributed by atoms with E-state index in [1.807, 2.05) is 13.8 Å². The highest BCUT2D eigenvalue weighted by molar-refractivity contribution is 5.91. The highest BCUT2D eigenvalue weighted by Crippen LogP contribution is 1.96. The van der Waals surface area contributed by atoms with Crippen molar-refractivity contribution in [2.75, 3.05) is 26.2 Å². The molecular weight excluding hydrogens is 248 g/mol. The molecule has 2 atom stereocenters. The first-order valence-electron chi connectivity index (χ1n) is 6.58. The van der Waals surface area contributed by atoms with E-state index in [-0.39, 0.29) is 30.8 Å². The van der Waals surface area contributed by atoms with Crippen LogP contribution in [0.4, 0.5) is 0 Å². The number of piperazine rings is 1. The largest absolute Gasteiger partial charge is 0.353 e. The molecule has 108 valence electrons. The molecule has 2 unspecified atom stereocenters. The Bertz CT molecular complexity index is 345. The Morgan fingerprint density at radius 1 is 1.42 bits per heavy atom. The van der Waals surface area contributed by atoms with Crippen LogP contribution in [0.5, 0.6) is 0 Å². The molecule has 3 amide bonds. The predicted octanol–water partition coefficient (Wildman–Crippen LogP) is -1.55. The maximum Gasteiger partial charge on any atom is 0.244 e. The number of carbonyl (C=O) groups is 3. The van der Waals surface area contributed by atoms with Crippen LogP contribution in [-0.2, 0) is 14.4 Å². The number of nitrogens with zero attached hydrogens (tertiary/aromatic N) is 1. The molecule has 7 heteroatoms. The second-order valence-electron chi connectivity index (χ2n) is 4.48.